The van der Waals surface area contributed by atoms with Gasteiger partial charge in [-0.05, 0) is 36.1 Å². The van der Waals surface area contributed by atoms with Gasteiger partial charge in [0.05, 0.1) is 6.42 Å². The molecule has 174 valence electrons. The zero-order chi connectivity index (χ0) is 24.0. The summed E-state index contributed by atoms with van der Waals surface area (Å²) in [5.74, 6) is -1.50. The summed E-state index contributed by atoms with van der Waals surface area (Å²) in [4.78, 5) is 10.7. The molecule has 9 heteroatoms. The first-order valence-corrected chi connectivity index (χ1v) is 12.0. The highest BCUT2D eigenvalue weighted by molar-refractivity contribution is 7.39. The lowest BCUT2D eigenvalue weighted by Crippen LogP contribution is -2.16. The molecular formula is C24H27FN2O5P+. The minimum atomic E-state index is -2.22. The number of benzene rings is 2. The molecule has 1 heterocycles. The van der Waals surface area contributed by atoms with E-state index < -0.39 is 26.5 Å². The number of nitrogens with zero attached hydrogens (tertiary/aromatic N) is 2. The van der Waals surface area contributed by atoms with E-state index in [-0.39, 0.29) is 24.6 Å². The standard InChI is InChI=1S/C24H26FN2O5P/c1-16(2)27-21(12-13-32-33(31)15-20(28)14-22(29)30)23(17-8-10-19(25)11-9-17)24(26-27)18-6-4-3-5-7-18/h3-11,16,20,28H,12-15H2,1-2H3/p+1/t20-/m0/s1. The van der Waals surface area contributed by atoms with Crippen molar-refractivity contribution < 1.29 is 28.5 Å². The predicted octanol–water partition coefficient (Wildman–Crippen LogP) is 5.07. The summed E-state index contributed by atoms with van der Waals surface area (Å²) < 4.78 is 33.1. The molecule has 2 N–H and O–H groups in total. The molecule has 3 aromatic rings. The second-order valence-corrected chi connectivity index (χ2v) is 9.22. The van der Waals surface area contributed by atoms with Crippen molar-refractivity contribution in [2.75, 3.05) is 12.8 Å². The third kappa shape index (κ3) is 6.54. The Kier molecular flexibility index (Phi) is 8.44. The van der Waals surface area contributed by atoms with Crippen LogP contribution < -0.4 is 0 Å². The van der Waals surface area contributed by atoms with E-state index in [1.807, 2.05) is 48.9 Å². The molecule has 1 unspecified atom stereocenters. The summed E-state index contributed by atoms with van der Waals surface area (Å²) in [6, 6.07) is 15.9. The van der Waals surface area contributed by atoms with Crippen molar-refractivity contribution in [2.24, 2.45) is 0 Å². The zero-order valence-electron chi connectivity index (χ0n) is 18.5. The van der Waals surface area contributed by atoms with Gasteiger partial charge in [0, 0.05) is 29.3 Å². The van der Waals surface area contributed by atoms with Crippen molar-refractivity contribution in [2.45, 2.75) is 38.8 Å². The van der Waals surface area contributed by atoms with E-state index in [4.69, 9.17) is 14.7 Å². The molecule has 2 atom stereocenters. The van der Waals surface area contributed by atoms with E-state index in [1.165, 1.54) is 12.1 Å². The summed E-state index contributed by atoms with van der Waals surface area (Å²) in [6.07, 6.45) is -1.59. The normalized spacial score (nSPS) is 12.7. The fraction of sp³-hybridized carbons (Fsp3) is 0.333. The predicted molar refractivity (Wildman–Crippen MR) is 124 cm³/mol. The summed E-state index contributed by atoms with van der Waals surface area (Å²) in [6.45, 7) is 4.10. The Morgan fingerprint density at radius 1 is 1.12 bits per heavy atom. The van der Waals surface area contributed by atoms with Gasteiger partial charge in [0.1, 0.15) is 24.2 Å². The number of aromatic nitrogens is 2. The molecule has 0 radical (unpaired) electrons. The lowest BCUT2D eigenvalue weighted by atomic mass is 9.97. The number of carboxylic acid groups (broad SMARTS) is 1. The van der Waals surface area contributed by atoms with Crippen LogP contribution in [0.25, 0.3) is 22.4 Å². The molecule has 1 aromatic heterocycles. The van der Waals surface area contributed by atoms with Gasteiger partial charge in [-0.2, -0.15) is 5.10 Å². The smallest absolute Gasteiger partial charge is 0.481 e. The molecule has 0 amide bonds. The lowest BCUT2D eigenvalue weighted by Gasteiger charge is -2.12. The van der Waals surface area contributed by atoms with Crippen molar-refractivity contribution in [1.82, 2.24) is 9.78 Å². The maximum Gasteiger partial charge on any atom is 0.510 e. The molecule has 0 aliphatic carbocycles. The fourth-order valence-corrected chi connectivity index (χ4v) is 4.46. The first-order chi connectivity index (χ1) is 15.8. The number of aliphatic carboxylic acids is 1. The number of hydrogen-bond acceptors (Lipinski definition) is 5. The molecule has 2 aromatic carbocycles. The van der Waals surface area contributed by atoms with Crippen LogP contribution in [0.1, 0.15) is 32.0 Å². The molecule has 0 aliphatic rings. The number of carboxylic acids is 1. The SMILES string of the molecule is CC(C)n1nc(-c2ccccc2)c(-c2ccc(F)cc2)c1CCO[P+](=O)C[C@@H](O)CC(=O)O. The summed E-state index contributed by atoms with van der Waals surface area (Å²) in [5.41, 5.74) is 4.18. The fourth-order valence-electron chi connectivity index (χ4n) is 3.59. The van der Waals surface area contributed by atoms with Crippen molar-refractivity contribution >= 4 is 14.0 Å². The van der Waals surface area contributed by atoms with Crippen LogP contribution in [0, 0.1) is 5.82 Å². The molecular weight excluding hydrogens is 446 g/mol. The van der Waals surface area contributed by atoms with Crippen molar-refractivity contribution in [3.63, 3.8) is 0 Å². The van der Waals surface area contributed by atoms with Crippen LogP contribution in [0.3, 0.4) is 0 Å². The van der Waals surface area contributed by atoms with Crippen LogP contribution >= 0.6 is 8.03 Å². The van der Waals surface area contributed by atoms with Gasteiger partial charge in [0.15, 0.2) is 0 Å². The minimum Gasteiger partial charge on any atom is -0.481 e. The number of rotatable bonds is 11. The molecule has 0 fully saturated rings. The second-order valence-electron chi connectivity index (χ2n) is 7.93. The van der Waals surface area contributed by atoms with Crippen molar-refractivity contribution in [3.05, 3.63) is 66.1 Å². The second kappa shape index (κ2) is 11.3. The molecule has 3 rings (SSSR count). The molecule has 0 bridgehead atoms. The quantitative estimate of drug-likeness (QED) is 0.377. The highest BCUT2D eigenvalue weighted by atomic mass is 31.1. The van der Waals surface area contributed by atoms with E-state index >= 15 is 0 Å². The van der Waals surface area contributed by atoms with Gasteiger partial charge in [-0.1, -0.05) is 42.5 Å². The Labute approximate surface area is 192 Å². The van der Waals surface area contributed by atoms with Gasteiger partial charge in [-0.25, -0.2) is 4.39 Å². The minimum absolute atomic E-state index is 0.0304. The largest absolute Gasteiger partial charge is 0.510 e. The first-order valence-electron chi connectivity index (χ1n) is 10.7. The average molecular weight is 473 g/mol. The van der Waals surface area contributed by atoms with Crippen molar-refractivity contribution in [1.29, 1.82) is 0 Å². The number of hydrogen-bond donors (Lipinski definition) is 2. The topological polar surface area (TPSA) is 102 Å². The molecule has 7 nitrogen and oxygen atoms in total. The van der Waals surface area contributed by atoms with Crippen LogP contribution in [-0.4, -0.2) is 44.8 Å². The highest BCUT2D eigenvalue weighted by Gasteiger charge is 2.27. The molecule has 0 spiro atoms. The van der Waals surface area contributed by atoms with Gasteiger partial charge in [-0.3, -0.25) is 9.48 Å². The number of halogens is 1. The van der Waals surface area contributed by atoms with Gasteiger partial charge in [0.2, 0.25) is 6.16 Å². The van der Waals surface area contributed by atoms with Crippen LogP contribution in [-0.2, 0) is 20.3 Å². The summed E-state index contributed by atoms with van der Waals surface area (Å²) in [7, 11) is -2.22. The maximum atomic E-state index is 13.6. The lowest BCUT2D eigenvalue weighted by molar-refractivity contribution is -0.138. The van der Waals surface area contributed by atoms with Gasteiger partial charge in [0.25, 0.3) is 0 Å². The average Bonchev–Trinajstić information content (AvgIpc) is 3.14. The molecule has 0 aliphatic heterocycles. The van der Waals surface area contributed by atoms with Crippen LogP contribution in [0.5, 0.6) is 0 Å². The van der Waals surface area contributed by atoms with Crippen LogP contribution in [0.2, 0.25) is 0 Å². The Balaban J connectivity index is 1.91. The van der Waals surface area contributed by atoms with E-state index in [0.29, 0.717) is 6.42 Å². The van der Waals surface area contributed by atoms with Gasteiger partial charge in [-0.15, -0.1) is 4.52 Å². The number of aliphatic hydroxyl groups is 1. The molecule has 33 heavy (non-hydrogen) atoms. The van der Waals surface area contributed by atoms with E-state index in [9.17, 15) is 18.9 Å². The highest BCUT2D eigenvalue weighted by Crippen LogP contribution is 2.37. The summed E-state index contributed by atoms with van der Waals surface area (Å²) >= 11 is 0. The Morgan fingerprint density at radius 3 is 2.39 bits per heavy atom. The third-order valence-corrected chi connectivity index (χ3v) is 6.21. The van der Waals surface area contributed by atoms with E-state index in [0.717, 1.165) is 28.1 Å². The van der Waals surface area contributed by atoms with Gasteiger partial charge < -0.3 is 10.2 Å². The van der Waals surface area contributed by atoms with E-state index in [1.54, 1.807) is 12.1 Å². The first kappa shape index (κ1) is 24.7. The van der Waals surface area contributed by atoms with Crippen LogP contribution in [0.4, 0.5) is 4.39 Å². The third-order valence-electron chi connectivity index (χ3n) is 5.02. The Bertz CT molecular complexity index is 1100. The number of carbonyl (C=O) groups is 1. The van der Waals surface area contributed by atoms with Crippen molar-refractivity contribution in [3.8, 4) is 22.4 Å². The maximum absolute atomic E-state index is 13.6. The van der Waals surface area contributed by atoms with E-state index in [2.05, 4.69) is 0 Å². The Morgan fingerprint density at radius 2 is 1.79 bits per heavy atom. The monoisotopic (exact) mass is 473 g/mol. The summed E-state index contributed by atoms with van der Waals surface area (Å²) in [5, 5.41) is 23.3. The zero-order valence-corrected chi connectivity index (χ0v) is 19.4. The number of aliphatic hydroxyl groups excluding tert-OH is 1. The molecule has 0 saturated carbocycles. The molecule has 0 saturated heterocycles. The van der Waals surface area contributed by atoms with Gasteiger partial charge >= 0.3 is 14.0 Å². The Hall–Kier alpha value is -2.93. The van der Waals surface area contributed by atoms with Crippen LogP contribution in [0.15, 0.2) is 54.6 Å².